The number of rotatable bonds is 8. The summed E-state index contributed by atoms with van der Waals surface area (Å²) in [5, 5.41) is 0. The normalized spacial score (nSPS) is 15.2. The van der Waals surface area contributed by atoms with E-state index < -0.39 is 0 Å². The van der Waals surface area contributed by atoms with Crippen LogP contribution in [0, 0.1) is 0 Å². The molecular weight excluding hydrogens is 268 g/mol. The first-order valence-electron chi connectivity index (χ1n) is 7.71. The Balaban J connectivity index is 2.67. The number of carbonyl (C=O) groups is 2. The summed E-state index contributed by atoms with van der Waals surface area (Å²) in [6.07, 6.45) is 4.44. The molecule has 0 saturated heterocycles. The summed E-state index contributed by atoms with van der Waals surface area (Å²) in [4.78, 5) is 27.8. The minimum Gasteiger partial charge on any atom is -0.468 e. The Hall–Kier alpha value is -1.36. The van der Waals surface area contributed by atoms with Crippen molar-refractivity contribution in [1.82, 2.24) is 9.80 Å². The molecule has 1 saturated carbocycles. The van der Waals surface area contributed by atoms with Gasteiger partial charge in [-0.05, 0) is 26.7 Å². The van der Waals surface area contributed by atoms with Crippen LogP contribution in [-0.2, 0) is 14.3 Å². The standard InChI is InChI=1S/C16H28N2O3/c1-5-17(10-13(2)3)15(19)11-18(12-16(20)21-4)14-8-6-7-9-14/h14H,2,5-12H2,1,3-4H3. The van der Waals surface area contributed by atoms with Gasteiger partial charge in [-0.1, -0.05) is 25.0 Å². The van der Waals surface area contributed by atoms with Gasteiger partial charge in [-0.3, -0.25) is 14.5 Å². The Labute approximate surface area is 127 Å². The van der Waals surface area contributed by atoms with Crippen molar-refractivity contribution in [2.45, 2.75) is 45.6 Å². The van der Waals surface area contributed by atoms with Gasteiger partial charge in [0.1, 0.15) is 0 Å². The fraction of sp³-hybridized carbons (Fsp3) is 0.750. The van der Waals surface area contributed by atoms with E-state index >= 15 is 0 Å². The van der Waals surface area contributed by atoms with Gasteiger partial charge < -0.3 is 9.64 Å². The first-order chi connectivity index (χ1) is 9.97. The van der Waals surface area contributed by atoms with Gasteiger partial charge in [0.2, 0.25) is 5.91 Å². The van der Waals surface area contributed by atoms with Gasteiger partial charge in [-0.25, -0.2) is 0 Å². The highest BCUT2D eigenvalue weighted by molar-refractivity contribution is 5.79. The zero-order valence-electron chi connectivity index (χ0n) is 13.6. The zero-order chi connectivity index (χ0) is 15.8. The number of esters is 1. The molecule has 5 nitrogen and oxygen atoms in total. The highest BCUT2D eigenvalue weighted by Gasteiger charge is 2.27. The molecule has 0 spiro atoms. The third kappa shape index (κ3) is 5.87. The quantitative estimate of drug-likeness (QED) is 0.506. The first kappa shape index (κ1) is 17.7. The van der Waals surface area contributed by atoms with Crippen LogP contribution in [0.1, 0.15) is 39.5 Å². The van der Waals surface area contributed by atoms with Crippen molar-refractivity contribution in [3.05, 3.63) is 12.2 Å². The van der Waals surface area contributed by atoms with E-state index in [0.29, 0.717) is 19.1 Å². The predicted molar refractivity (Wildman–Crippen MR) is 82.9 cm³/mol. The van der Waals surface area contributed by atoms with Crippen LogP contribution in [0.15, 0.2) is 12.2 Å². The number of hydrogen-bond donors (Lipinski definition) is 0. The lowest BCUT2D eigenvalue weighted by Gasteiger charge is -2.30. The van der Waals surface area contributed by atoms with Crippen molar-refractivity contribution < 1.29 is 14.3 Å². The van der Waals surface area contributed by atoms with Gasteiger partial charge >= 0.3 is 5.97 Å². The lowest BCUT2D eigenvalue weighted by Crippen LogP contribution is -2.46. The maximum atomic E-state index is 12.4. The molecule has 120 valence electrons. The van der Waals surface area contributed by atoms with E-state index in [1.165, 1.54) is 20.0 Å². The molecule has 0 aromatic rings. The summed E-state index contributed by atoms with van der Waals surface area (Å²) >= 11 is 0. The topological polar surface area (TPSA) is 49.9 Å². The molecule has 0 heterocycles. The summed E-state index contributed by atoms with van der Waals surface area (Å²) in [7, 11) is 1.39. The van der Waals surface area contributed by atoms with E-state index in [9.17, 15) is 9.59 Å². The Kier molecular flexibility index (Phi) is 7.43. The molecule has 1 aliphatic rings. The number of methoxy groups -OCH3 is 1. The van der Waals surface area contributed by atoms with Gasteiger partial charge in [0.15, 0.2) is 0 Å². The number of amides is 1. The Morgan fingerprint density at radius 1 is 1.19 bits per heavy atom. The average Bonchev–Trinajstić information content (AvgIpc) is 2.97. The molecule has 5 heteroatoms. The molecule has 0 bridgehead atoms. The number of hydrogen-bond acceptors (Lipinski definition) is 4. The van der Waals surface area contributed by atoms with E-state index in [-0.39, 0.29) is 25.0 Å². The third-order valence-corrected chi connectivity index (χ3v) is 3.93. The maximum Gasteiger partial charge on any atom is 0.319 e. The second kappa shape index (κ2) is 8.82. The van der Waals surface area contributed by atoms with Gasteiger partial charge in [0.05, 0.1) is 20.2 Å². The summed E-state index contributed by atoms with van der Waals surface area (Å²) in [6.45, 7) is 9.44. The summed E-state index contributed by atoms with van der Waals surface area (Å²) in [6, 6.07) is 0.316. The van der Waals surface area contributed by atoms with Crippen LogP contribution in [0.2, 0.25) is 0 Å². The van der Waals surface area contributed by atoms with Crippen LogP contribution < -0.4 is 0 Å². The van der Waals surface area contributed by atoms with Crippen LogP contribution in [0.5, 0.6) is 0 Å². The van der Waals surface area contributed by atoms with Crippen LogP contribution in [0.3, 0.4) is 0 Å². The highest BCUT2D eigenvalue weighted by atomic mass is 16.5. The van der Waals surface area contributed by atoms with Crippen LogP contribution in [-0.4, -0.2) is 61.0 Å². The largest absolute Gasteiger partial charge is 0.468 e. The van der Waals surface area contributed by atoms with E-state index in [2.05, 4.69) is 6.58 Å². The van der Waals surface area contributed by atoms with E-state index in [1.807, 2.05) is 18.7 Å². The van der Waals surface area contributed by atoms with Crippen molar-refractivity contribution in [2.24, 2.45) is 0 Å². The molecule has 0 atom stereocenters. The number of likely N-dealkylation sites (N-methyl/N-ethyl adjacent to an activating group) is 1. The fourth-order valence-corrected chi connectivity index (χ4v) is 2.79. The van der Waals surface area contributed by atoms with Crippen LogP contribution in [0.25, 0.3) is 0 Å². The molecule has 1 amide bonds. The molecule has 0 unspecified atom stereocenters. The van der Waals surface area contributed by atoms with Gasteiger partial charge in [0.25, 0.3) is 0 Å². The molecule has 0 aromatic carbocycles. The van der Waals surface area contributed by atoms with E-state index in [0.717, 1.165) is 18.4 Å². The number of nitrogens with zero attached hydrogens (tertiary/aromatic N) is 2. The summed E-state index contributed by atoms with van der Waals surface area (Å²) in [5.74, 6) is -0.228. The smallest absolute Gasteiger partial charge is 0.319 e. The average molecular weight is 296 g/mol. The van der Waals surface area contributed by atoms with E-state index in [4.69, 9.17) is 4.74 Å². The highest BCUT2D eigenvalue weighted by Crippen LogP contribution is 2.23. The third-order valence-electron chi connectivity index (χ3n) is 3.93. The van der Waals surface area contributed by atoms with Crippen molar-refractivity contribution >= 4 is 11.9 Å². The predicted octanol–water partition coefficient (Wildman–Crippen LogP) is 1.83. The lowest BCUT2D eigenvalue weighted by molar-refractivity contribution is -0.143. The van der Waals surface area contributed by atoms with Crippen LogP contribution >= 0.6 is 0 Å². The van der Waals surface area contributed by atoms with E-state index in [1.54, 1.807) is 4.90 Å². The number of ether oxygens (including phenoxy) is 1. The Morgan fingerprint density at radius 3 is 2.29 bits per heavy atom. The minimum absolute atomic E-state index is 0.0521. The number of carbonyl (C=O) groups excluding carboxylic acids is 2. The minimum atomic E-state index is -0.280. The summed E-state index contributed by atoms with van der Waals surface area (Å²) < 4.78 is 4.75. The second-order valence-corrected chi connectivity index (χ2v) is 5.78. The zero-order valence-corrected chi connectivity index (χ0v) is 13.6. The molecule has 0 N–H and O–H groups in total. The van der Waals surface area contributed by atoms with Crippen molar-refractivity contribution in [3.8, 4) is 0 Å². The first-order valence-corrected chi connectivity index (χ1v) is 7.71. The molecule has 0 radical (unpaired) electrons. The molecular formula is C16H28N2O3. The monoisotopic (exact) mass is 296 g/mol. The van der Waals surface area contributed by atoms with Gasteiger partial charge in [0, 0.05) is 19.1 Å². The summed E-state index contributed by atoms with van der Waals surface area (Å²) in [5.41, 5.74) is 0.964. The Morgan fingerprint density at radius 2 is 1.81 bits per heavy atom. The molecule has 1 fully saturated rings. The molecule has 1 aliphatic carbocycles. The van der Waals surface area contributed by atoms with Gasteiger partial charge in [-0.2, -0.15) is 0 Å². The van der Waals surface area contributed by atoms with Crippen molar-refractivity contribution in [3.63, 3.8) is 0 Å². The van der Waals surface area contributed by atoms with Crippen LogP contribution in [0.4, 0.5) is 0 Å². The molecule has 1 rings (SSSR count). The van der Waals surface area contributed by atoms with Crippen molar-refractivity contribution in [1.29, 1.82) is 0 Å². The Bertz CT molecular complexity index is 376. The molecule has 21 heavy (non-hydrogen) atoms. The maximum absolute atomic E-state index is 12.4. The lowest BCUT2D eigenvalue weighted by atomic mass is 10.2. The molecule has 0 aliphatic heterocycles. The fourth-order valence-electron chi connectivity index (χ4n) is 2.79. The van der Waals surface area contributed by atoms with Gasteiger partial charge in [-0.15, -0.1) is 0 Å². The van der Waals surface area contributed by atoms with Crippen molar-refractivity contribution in [2.75, 3.05) is 33.3 Å². The SMILES string of the molecule is C=C(C)CN(CC)C(=O)CN(CC(=O)OC)C1CCCC1. The second-order valence-electron chi connectivity index (χ2n) is 5.78. The molecule has 0 aromatic heterocycles.